The maximum Gasteiger partial charge on any atom is 0.166 e. The first-order valence-electron chi connectivity index (χ1n) is 9.23. The molecule has 4 rings (SSSR count). The van der Waals surface area contributed by atoms with Crippen LogP contribution in [0.25, 0.3) is 0 Å². The highest BCUT2D eigenvalue weighted by Crippen LogP contribution is 2.30. The summed E-state index contributed by atoms with van der Waals surface area (Å²) in [5, 5.41) is 17.6. The zero-order valence-corrected chi connectivity index (χ0v) is 18.0. The molecule has 0 saturated heterocycles. The highest BCUT2D eigenvalue weighted by atomic mass is 32.2. The molecule has 0 aliphatic rings. The van der Waals surface area contributed by atoms with E-state index in [2.05, 4.69) is 91.0 Å². The molecule has 0 radical (unpaired) electrons. The summed E-state index contributed by atoms with van der Waals surface area (Å²) in [6.07, 6.45) is 0. The Hall–Kier alpha value is -3.26. The van der Waals surface area contributed by atoms with Crippen LogP contribution in [0.2, 0.25) is 0 Å². The van der Waals surface area contributed by atoms with Crippen LogP contribution in [0.3, 0.4) is 0 Å². The van der Waals surface area contributed by atoms with Gasteiger partial charge in [-0.3, -0.25) is 0 Å². The van der Waals surface area contributed by atoms with Gasteiger partial charge in [-0.25, -0.2) is 8.42 Å². The van der Waals surface area contributed by atoms with Crippen LogP contribution in [0.4, 0.5) is 0 Å². The molecule has 0 unspecified atom stereocenters. The van der Waals surface area contributed by atoms with Crippen LogP contribution in [-0.2, 0) is 21.0 Å². The van der Waals surface area contributed by atoms with Gasteiger partial charge < -0.3 is 14.8 Å². The molecule has 4 aromatic rings. The lowest BCUT2D eigenvalue weighted by molar-refractivity contribution is 0.426. The van der Waals surface area contributed by atoms with Gasteiger partial charge in [0.25, 0.3) is 0 Å². The lowest BCUT2D eigenvalue weighted by Gasteiger charge is -2.08. The predicted octanol–water partition coefficient (Wildman–Crippen LogP) is 4.78. The van der Waals surface area contributed by atoms with Gasteiger partial charge in [0, 0.05) is 6.07 Å². The van der Waals surface area contributed by atoms with Crippen molar-refractivity contribution >= 4 is 21.0 Å². The molecule has 5 nitrogen and oxygen atoms in total. The third kappa shape index (κ3) is 6.11. The van der Waals surface area contributed by atoms with Gasteiger partial charge >= 0.3 is 0 Å². The van der Waals surface area contributed by atoms with E-state index in [9.17, 15) is 13.0 Å². The largest absolute Gasteiger partial charge is 0.744 e. The summed E-state index contributed by atoms with van der Waals surface area (Å²) in [7, 11) is -4.68. The molecular weight excluding hydrogens is 432 g/mol. The molecule has 7 heteroatoms. The van der Waals surface area contributed by atoms with Crippen molar-refractivity contribution in [3.63, 3.8) is 0 Å². The van der Waals surface area contributed by atoms with Crippen LogP contribution in [-0.4, -0.2) is 23.2 Å². The summed E-state index contributed by atoms with van der Waals surface area (Å²) >= 11 is 0. The fourth-order valence-electron chi connectivity index (χ4n) is 2.80. The monoisotopic (exact) mass is 452 g/mol. The van der Waals surface area contributed by atoms with Crippen LogP contribution in [0.1, 0.15) is 0 Å². The standard InChI is InChI=1S/C18H15S.C6H6O5S/c1-4-10-16(11-5-1)19(17-12-6-2-7-13-17)18-14-8-3-9-15-18;7-4-1-2-6(5(8)3-4)12(9,10)11/h1-15H;1-3,7-8H,(H,9,10,11)/q+1;/p-1. The molecule has 0 fully saturated rings. The maximum absolute atomic E-state index is 10.4. The van der Waals surface area contributed by atoms with Crippen molar-refractivity contribution in [3.8, 4) is 11.5 Å². The Morgan fingerprint density at radius 3 is 1.32 bits per heavy atom. The molecule has 4 aromatic carbocycles. The van der Waals surface area contributed by atoms with E-state index in [1.54, 1.807) is 0 Å². The number of hydrogen-bond donors (Lipinski definition) is 2. The molecule has 0 saturated carbocycles. The molecule has 0 bridgehead atoms. The van der Waals surface area contributed by atoms with Crippen LogP contribution in [0.15, 0.2) is 129 Å². The topological polar surface area (TPSA) is 97.7 Å². The predicted molar refractivity (Wildman–Crippen MR) is 119 cm³/mol. The summed E-state index contributed by atoms with van der Waals surface area (Å²) in [6.45, 7) is 0. The SMILES string of the molecule is O=S(=O)([O-])c1ccc(O)cc1O.c1ccc([S+](c2ccccc2)c2ccccc2)cc1. The van der Waals surface area contributed by atoms with Crippen LogP contribution in [0, 0.1) is 0 Å². The highest BCUT2D eigenvalue weighted by molar-refractivity contribution is 7.97. The lowest BCUT2D eigenvalue weighted by Crippen LogP contribution is -2.04. The van der Waals surface area contributed by atoms with Crippen molar-refractivity contribution in [1.29, 1.82) is 0 Å². The van der Waals surface area contributed by atoms with Crippen molar-refractivity contribution in [1.82, 2.24) is 0 Å². The third-order valence-electron chi connectivity index (χ3n) is 4.15. The third-order valence-corrected chi connectivity index (χ3v) is 7.26. The van der Waals surface area contributed by atoms with Gasteiger partial charge in [-0.05, 0) is 48.5 Å². The van der Waals surface area contributed by atoms with Gasteiger partial charge in [0.05, 0.1) is 15.8 Å². The minimum absolute atomic E-state index is 0.0146. The molecule has 158 valence electrons. The zero-order valence-electron chi connectivity index (χ0n) is 16.3. The van der Waals surface area contributed by atoms with E-state index in [1.165, 1.54) is 14.7 Å². The average Bonchev–Trinajstić information content (AvgIpc) is 2.76. The van der Waals surface area contributed by atoms with Gasteiger partial charge in [-0.15, -0.1) is 0 Å². The molecule has 2 N–H and O–H groups in total. The number of aromatic hydroxyl groups is 2. The van der Waals surface area contributed by atoms with E-state index < -0.39 is 20.8 Å². The second kappa shape index (κ2) is 10.2. The Bertz CT molecular complexity index is 1120. The fraction of sp³-hybridized carbons (Fsp3) is 0. The molecule has 0 heterocycles. The average molecular weight is 453 g/mol. The van der Waals surface area contributed by atoms with Crippen LogP contribution < -0.4 is 0 Å². The summed E-state index contributed by atoms with van der Waals surface area (Å²) in [6, 6.07) is 34.8. The van der Waals surface area contributed by atoms with Crippen molar-refractivity contribution in [2.45, 2.75) is 19.6 Å². The molecule has 0 spiro atoms. The first-order chi connectivity index (χ1) is 14.9. The molecule has 0 aromatic heterocycles. The van der Waals surface area contributed by atoms with E-state index >= 15 is 0 Å². The normalized spacial score (nSPS) is 10.9. The Morgan fingerprint density at radius 2 is 1.00 bits per heavy atom. The highest BCUT2D eigenvalue weighted by Gasteiger charge is 2.27. The number of phenols is 2. The van der Waals surface area contributed by atoms with E-state index in [4.69, 9.17) is 10.2 Å². The summed E-state index contributed by atoms with van der Waals surface area (Å²) in [4.78, 5) is 3.35. The van der Waals surface area contributed by atoms with Crippen LogP contribution in [0.5, 0.6) is 11.5 Å². The Morgan fingerprint density at radius 1 is 0.613 bits per heavy atom. The van der Waals surface area contributed by atoms with Gasteiger partial charge in [-0.2, -0.15) is 0 Å². The minimum Gasteiger partial charge on any atom is -0.744 e. The first-order valence-corrected chi connectivity index (χ1v) is 11.9. The minimum atomic E-state index is -4.66. The van der Waals surface area contributed by atoms with Crippen molar-refractivity contribution in [3.05, 3.63) is 109 Å². The Kier molecular flexibility index (Phi) is 7.36. The zero-order chi connectivity index (χ0) is 22.3. The number of rotatable bonds is 4. The van der Waals surface area contributed by atoms with Crippen LogP contribution >= 0.6 is 0 Å². The van der Waals surface area contributed by atoms with Crippen molar-refractivity contribution in [2.75, 3.05) is 0 Å². The maximum atomic E-state index is 10.4. The second-order valence-corrected chi connectivity index (χ2v) is 9.73. The molecule has 0 aliphatic carbocycles. The van der Waals surface area contributed by atoms with Gasteiger partial charge in [0.15, 0.2) is 14.7 Å². The summed E-state index contributed by atoms with van der Waals surface area (Å²) in [5.74, 6) is -1.05. The van der Waals surface area contributed by atoms with Gasteiger partial charge in [0.1, 0.15) is 21.6 Å². The van der Waals surface area contributed by atoms with Gasteiger partial charge in [-0.1, -0.05) is 54.6 Å². The first kappa shape index (κ1) is 22.4. The lowest BCUT2D eigenvalue weighted by atomic mass is 10.3. The van der Waals surface area contributed by atoms with E-state index in [1.807, 2.05) is 0 Å². The van der Waals surface area contributed by atoms with E-state index in [0.29, 0.717) is 0 Å². The molecule has 0 atom stereocenters. The summed E-state index contributed by atoms with van der Waals surface area (Å²) in [5.41, 5.74) is 0. The van der Waals surface area contributed by atoms with E-state index in [-0.39, 0.29) is 16.6 Å². The van der Waals surface area contributed by atoms with Crippen molar-refractivity contribution in [2.24, 2.45) is 0 Å². The number of hydrogen-bond acceptors (Lipinski definition) is 5. The molecule has 0 amide bonds. The van der Waals surface area contributed by atoms with E-state index in [0.717, 1.165) is 18.2 Å². The number of benzene rings is 4. The smallest absolute Gasteiger partial charge is 0.166 e. The number of phenolic OH excluding ortho intramolecular Hbond substituents is 2. The Balaban J connectivity index is 0.000000196. The molecular formula is C24H20O5S2. The Labute approximate surface area is 184 Å². The summed E-state index contributed by atoms with van der Waals surface area (Å²) < 4.78 is 31.1. The second-order valence-electron chi connectivity index (χ2n) is 6.35. The molecule has 31 heavy (non-hydrogen) atoms. The molecule has 0 aliphatic heterocycles. The quantitative estimate of drug-likeness (QED) is 0.343. The van der Waals surface area contributed by atoms with Crippen molar-refractivity contribution < 1.29 is 23.2 Å². The fourth-order valence-corrected chi connectivity index (χ4v) is 5.45. The van der Waals surface area contributed by atoms with Gasteiger partial charge in [0.2, 0.25) is 0 Å².